The zero-order valence-electron chi connectivity index (χ0n) is 12.7. The van der Waals surface area contributed by atoms with Crippen LogP contribution in [0.1, 0.15) is 19.7 Å². The summed E-state index contributed by atoms with van der Waals surface area (Å²) in [6, 6.07) is 1.97. The zero-order valence-corrected chi connectivity index (χ0v) is 12.7. The molecule has 1 aromatic rings. The second-order valence-corrected chi connectivity index (χ2v) is 5.23. The van der Waals surface area contributed by atoms with Crippen molar-refractivity contribution in [3.8, 4) is 0 Å². The Morgan fingerprint density at radius 2 is 2.30 bits per heavy atom. The molecule has 1 fully saturated rings. The summed E-state index contributed by atoms with van der Waals surface area (Å²) in [6.07, 6.45) is 0.325. The van der Waals surface area contributed by atoms with Crippen LogP contribution in [0.5, 0.6) is 0 Å². The molecule has 1 unspecified atom stereocenters. The van der Waals surface area contributed by atoms with E-state index in [1.54, 1.807) is 0 Å². The molecule has 1 saturated heterocycles. The van der Waals surface area contributed by atoms with Crippen LogP contribution < -0.4 is 10.2 Å². The third kappa shape index (κ3) is 4.05. The van der Waals surface area contributed by atoms with Crippen LogP contribution in [0.25, 0.3) is 0 Å². The Balaban J connectivity index is 2.02. The molecule has 1 N–H and O–H groups in total. The predicted octanol–water partition coefficient (Wildman–Crippen LogP) is 1.46. The third-order valence-electron chi connectivity index (χ3n) is 3.16. The van der Waals surface area contributed by atoms with Gasteiger partial charge in [-0.15, -0.1) is 0 Å². The molecule has 112 valence electrons. The minimum atomic E-state index is 0.0967. The van der Waals surface area contributed by atoms with Gasteiger partial charge in [-0.05, 0) is 20.8 Å². The van der Waals surface area contributed by atoms with Crippen LogP contribution in [0, 0.1) is 6.92 Å². The molecule has 0 aliphatic carbocycles. The summed E-state index contributed by atoms with van der Waals surface area (Å²) in [7, 11) is 1.87. The average molecular weight is 280 g/mol. The normalized spacial score (nSPS) is 19.4. The Morgan fingerprint density at radius 1 is 1.50 bits per heavy atom. The smallest absolute Gasteiger partial charge is 0.134 e. The van der Waals surface area contributed by atoms with Crippen LogP contribution in [0.2, 0.25) is 0 Å². The molecule has 2 rings (SSSR count). The molecule has 6 heteroatoms. The van der Waals surface area contributed by atoms with Gasteiger partial charge in [-0.1, -0.05) is 0 Å². The number of rotatable bonds is 5. The van der Waals surface area contributed by atoms with E-state index in [0.29, 0.717) is 13.2 Å². The quantitative estimate of drug-likeness (QED) is 0.881. The summed E-state index contributed by atoms with van der Waals surface area (Å²) in [5, 5.41) is 3.06. The molecule has 1 aliphatic heterocycles. The van der Waals surface area contributed by atoms with Gasteiger partial charge in [0.1, 0.15) is 17.5 Å². The maximum absolute atomic E-state index is 5.74. The van der Waals surface area contributed by atoms with Crippen molar-refractivity contribution in [1.82, 2.24) is 9.97 Å². The van der Waals surface area contributed by atoms with Crippen LogP contribution in [0.3, 0.4) is 0 Å². The number of aromatic nitrogens is 2. The Labute approximate surface area is 120 Å². The fraction of sp³-hybridized carbons (Fsp3) is 0.714. The predicted molar refractivity (Wildman–Crippen MR) is 79.4 cm³/mol. The number of hydrogen-bond donors (Lipinski definition) is 1. The maximum Gasteiger partial charge on any atom is 0.134 e. The standard InChI is InChI=1S/C14H24N4O2/c1-10(2)20-9-12-8-18(5-6-19-12)14-7-13(15-4)16-11(3)17-14/h7,10,12H,5-6,8-9H2,1-4H3,(H,15,16,17). The number of anilines is 2. The molecule has 0 radical (unpaired) electrons. The van der Waals surface area contributed by atoms with Gasteiger partial charge in [-0.25, -0.2) is 9.97 Å². The molecule has 0 amide bonds. The first kappa shape index (κ1) is 15.0. The summed E-state index contributed by atoms with van der Waals surface area (Å²) in [5.41, 5.74) is 0. The minimum absolute atomic E-state index is 0.0967. The minimum Gasteiger partial charge on any atom is -0.376 e. The van der Waals surface area contributed by atoms with Crippen molar-refractivity contribution in [3.63, 3.8) is 0 Å². The van der Waals surface area contributed by atoms with Gasteiger partial charge in [-0.3, -0.25) is 0 Å². The molecule has 2 heterocycles. The van der Waals surface area contributed by atoms with Gasteiger partial charge in [0.05, 0.1) is 25.4 Å². The van der Waals surface area contributed by atoms with Crippen molar-refractivity contribution in [2.24, 2.45) is 0 Å². The fourth-order valence-electron chi connectivity index (χ4n) is 2.17. The van der Waals surface area contributed by atoms with Gasteiger partial charge in [0.15, 0.2) is 0 Å². The number of nitrogens with zero attached hydrogens (tertiary/aromatic N) is 3. The van der Waals surface area contributed by atoms with E-state index in [9.17, 15) is 0 Å². The van der Waals surface area contributed by atoms with Crippen molar-refractivity contribution in [2.75, 3.05) is 43.6 Å². The van der Waals surface area contributed by atoms with Crippen LogP contribution >= 0.6 is 0 Å². The molecular formula is C14H24N4O2. The van der Waals surface area contributed by atoms with Crippen LogP contribution in [-0.4, -0.2) is 55.5 Å². The molecule has 1 atom stereocenters. The summed E-state index contributed by atoms with van der Waals surface area (Å²) in [6.45, 7) is 8.94. The first-order chi connectivity index (χ1) is 9.58. The van der Waals surface area contributed by atoms with Crippen molar-refractivity contribution >= 4 is 11.6 Å². The second kappa shape index (κ2) is 6.85. The summed E-state index contributed by atoms with van der Waals surface area (Å²) < 4.78 is 11.4. The fourth-order valence-corrected chi connectivity index (χ4v) is 2.17. The van der Waals surface area contributed by atoms with Crippen molar-refractivity contribution < 1.29 is 9.47 Å². The van der Waals surface area contributed by atoms with Crippen LogP contribution in [0.4, 0.5) is 11.6 Å². The van der Waals surface area contributed by atoms with Gasteiger partial charge in [0, 0.05) is 26.2 Å². The lowest BCUT2D eigenvalue weighted by molar-refractivity contribution is -0.0407. The van der Waals surface area contributed by atoms with Crippen molar-refractivity contribution in [1.29, 1.82) is 0 Å². The molecule has 0 aromatic carbocycles. The SMILES string of the molecule is CNc1cc(N2CCOC(COC(C)C)C2)nc(C)n1. The summed E-state index contributed by atoms with van der Waals surface area (Å²) >= 11 is 0. The third-order valence-corrected chi connectivity index (χ3v) is 3.16. The van der Waals surface area contributed by atoms with Gasteiger partial charge < -0.3 is 19.7 Å². The van der Waals surface area contributed by atoms with E-state index in [1.165, 1.54) is 0 Å². The average Bonchev–Trinajstić information content (AvgIpc) is 2.44. The van der Waals surface area contributed by atoms with E-state index in [4.69, 9.17) is 9.47 Å². The highest BCUT2D eigenvalue weighted by Gasteiger charge is 2.22. The lowest BCUT2D eigenvalue weighted by Crippen LogP contribution is -2.45. The Morgan fingerprint density at radius 3 is 3.00 bits per heavy atom. The van der Waals surface area contributed by atoms with Crippen LogP contribution in [-0.2, 0) is 9.47 Å². The Bertz CT molecular complexity index is 439. The van der Waals surface area contributed by atoms with Gasteiger partial charge in [0.25, 0.3) is 0 Å². The van der Waals surface area contributed by atoms with Gasteiger partial charge in [0.2, 0.25) is 0 Å². The molecule has 0 saturated carbocycles. The highest BCUT2D eigenvalue weighted by molar-refractivity contribution is 5.49. The van der Waals surface area contributed by atoms with Crippen molar-refractivity contribution in [2.45, 2.75) is 33.0 Å². The largest absolute Gasteiger partial charge is 0.376 e. The molecule has 0 spiro atoms. The number of hydrogen-bond acceptors (Lipinski definition) is 6. The maximum atomic E-state index is 5.74. The number of morpholine rings is 1. The first-order valence-electron chi connectivity index (χ1n) is 7.10. The van der Waals surface area contributed by atoms with E-state index in [1.807, 2.05) is 33.9 Å². The molecule has 20 heavy (non-hydrogen) atoms. The van der Waals surface area contributed by atoms with Gasteiger partial charge >= 0.3 is 0 Å². The first-order valence-corrected chi connectivity index (χ1v) is 7.10. The zero-order chi connectivity index (χ0) is 14.5. The van der Waals surface area contributed by atoms with E-state index in [2.05, 4.69) is 20.2 Å². The summed E-state index contributed by atoms with van der Waals surface area (Å²) in [4.78, 5) is 11.1. The molecule has 1 aromatic heterocycles. The Hall–Kier alpha value is -1.40. The molecule has 0 bridgehead atoms. The Kier molecular flexibility index (Phi) is 5.14. The molecular weight excluding hydrogens is 256 g/mol. The lowest BCUT2D eigenvalue weighted by Gasteiger charge is -2.34. The van der Waals surface area contributed by atoms with Gasteiger partial charge in [-0.2, -0.15) is 0 Å². The van der Waals surface area contributed by atoms with Crippen molar-refractivity contribution in [3.05, 3.63) is 11.9 Å². The molecule has 1 aliphatic rings. The number of ether oxygens (including phenoxy) is 2. The highest BCUT2D eigenvalue weighted by atomic mass is 16.5. The second-order valence-electron chi connectivity index (χ2n) is 5.23. The highest BCUT2D eigenvalue weighted by Crippen LogP contribution is 2.18. The monoisotopic (exact) mass is 280 g/mol. The van der Waals surface area contributed by atoms with E-state index < -0.39 is 0 Å². The lowest BCUT2D eigenvalue weighted by atomic mass is 10.2. The van der Waals surface area contributed by atoms with Crippen LogP contribution in [0.15, 0.2) is 6.07 Å². The topological polar surface area (TPSA) is 59.5 Å². The number of aryl methyl sites for hydroxylation is 1. The number of nitrogens with one attached hydrogen (secondary N) is 1. The van der Waals surface area contributed by atoms with E-state index in [0.717, 1.165) is 30.5 Å². The molecule has 6 nitrogen and oxygen atoms in total. The summed E-state index contributed by atoms with van der Waals surface area (Å²) in [5.74, 6) is 2.56. The van der Waals surface area contributed by atoms with E-state index in [-0.39, 0.29) is 12.2 Å². The van der Waals surface area contributed by atoms with E-state index >= 15 is 0 Å².